The Labute approximate surface area is 140 Å². The molecule has 1 heterocycles. The Morgan fingerprint density at radius 1 is 0.913 bits per heavy atom. The lowest BCUT2D eigenvalue weighted by molar-refractivity contribution is 0.390. The molecule has 1 unspecified atom stereocenters. The maximum Gasteiger partial charge on any atom is 0.123 e. The molecule has 2 rings (SSSR count). The third-order valence-corrected chi connectivity index (χ3v) is 4.53. The van der Waals surface area contributed by atoms with E-state index in [1.165, 1.54) is 18.4 Å². The molecule has 1 aromatic carbocycles. The van der Waals surface area contributed by atoms with Crippen LogP contribution in [0.4, 0.5) is 4.39 Å². The van der Waals surface area contributed by atoms with Crippen molar-refractivity contribution in [2.45, 2.75) is 58.8 Å². The first kappa shape index (κ1) is 17.7. The fraction of sp³-hybridized carbons (Fsp3) is 0.476. The van der Waals surface area contributed by atoms with Gasteiger partial charge >= 0.3 is 0 Å². The van der Waals surface area contributed by atoms with Crippen molar-refractivity contribution >= 4 is 0 Å². The summed E-state index contributed by atoms with van der Waals surface area (Å²) in [5.74, 6) is 0.627. The van der Waals surface area contributed by atoms with Crippen LogP contribution in [0, 0.1) is 11.7 Å². The van der Waals surface area contributed by atoms with Crippen LogP contribution in [0.25, 0.3) is 0 Å². The van der Waals surface area contributed by atoms with E-state index in [9.17, 15) is 4.39 Å². The van der Waals surface area contributed by atoms with Gasteiger partial charge in [0.2, 0.25) is 0 Å². The topological polar surface area (TPSA) is 12.9 Å². The predicted molar refractivity (Wildman–Crippen MR) is 95.2 cm³/mol. The summed E-state index contributed by atoms with van der Waals surface area (Å²) in [6.45, 7) is 6.61. The Kier molecular flexibility index (Phi) is 6.76. The lowest BCUT2D eigenvalue weighted by atomic mass is 9.78. The minimum absolute atomic E-state index is 0.176. The molecular formula is C21H28FN. The van der Waals surface area contributed by atoms with E-state index in [1.54, 1.807) is 12.1 Å². The summed E-state index contributed by atoms with van der Waals surface area (Å²) in [7, 11) is 0. The molecule has 0 radical (unpaired) electrons. The van der Waals surface area contributed by atoms with Crippen LogP contribution in [0.2, 0.25) is 0 Å². The van der Waals surface area contributed by atoms with Crippen LogP contribution in [-0.4, -0.2) is 4.98 Å². The number of nitrogens with zero attached hydrogens (tertiary/aromatic N) is 1. The molecule has 1 atom stereocenters. The van der Waals surface area contributed by atoms with Gasteiger partial charge in [0, 0.05) is 17.3 Å². The summed E-state index contributed by atoms with van der Waals surface area (Å²) < 4.78 is 13.4. The lowest BCUT2D eigenvalue weighted by Gasteiger charge is -2.27. The fourth-order valence-electron chi connectivity index (χ4n) is 3.44. The van der Waals surface area contributed by atoms with E-state index in [2.05, 4.69) is 39.0 Å². The maximum absolute atomic E-state index is 13.4. The standard InChI is InChI=1S/C21H28FN/c1-4-8-16(9-5-2)21(17-12-14-18(22)15-13-17)20-11-7-10-19(6-3)23-20/h7,10-16,21H,4-6,8-9H2,1-3H3. The van der Waals surface area contributed by atoms with Crippen molar-refractivity contribution in [3.05, 3.63) is 65.2 Å². The number of benzene rings is 1. The molecule has 124 valence electrons. The number of halogens is 1. The minimum Gasteiger partial charge on any atom is -0.257 e. The monoisotopic (exact) mass is 313 g/mol. The zero-order chi connectivity index (χ0) is 16.7. The molecule has 0 bridgehead atoms. The molecule has 0 spiro atoms. The Morgan fingerprint density at radius 3 is 2.13 bits per heavy atom. The molecule has 1 aromatic heterocycles. The van der Waals surface area contributed by atoms with E-state index in [-0.39, 0.29) is 11.7 Å². The summed E-state index contributed by atoms with van der Waals surface area (Å²) in [5.41, 5.74) is 3.43. The van der Waals surface area contributed by atoms with Gasteiger partial charge in [0.25, 0.3) is 0 Å². The lowest BCUT2D eigenvalue weighted by Crippen LogP contribution is -2.16. The third kappa shape index (κ3) is 4.63. The number of hydrogen-bond donors (Lipinski definition) is 0. The first-order valence-electron chi connectivity index (χ1n) is 8.90. The van der Waals surface area contributed by atoms with Crippen LogP contribution in [0.1, 0.15) is 69.3 Å². The van der Waals surface area contributed by atoms with Crippen LogP contribution in [0.15, 0.2) is 42.5 Å². The van der Waals surface area contributed by atoms with Crippen molar-refractivity contribution in [2.75, 3.05) is 0 Å². The van der Waals surface area contributed by atoms with E-state index in [0.29, 0.717) is 5.92 Å². The van der Waals surface area contributed by atoms with Crippen molar-refractivity contribution in [3.8, 4) is 0 Å². The Morgan fingerprint density at radius 2 is 1.57 bits per heavy atom. The number of hydrogen-bond acceptors (Lipinski definition) is 1. The molecule has 0 amide bonds. The van der Waals surface area contributed by atoms with E-state index >= 15 is 0 Å². The van der Waals surface area contributed by atoms with Gasteiger partial charge in [0.15, 0.2) is 0 Å². The second-order valence-corrected chi connectivity index (χ2v) is 6.27. The highest BCUT2D eigenvalue weighted by molar-refractivity contribution is 5.30. The molecule has 0 fully saturated rings. The van der Waals surface area contributed by atoms with Gasteiger partial charge in [0.1, 0.15) is 5.82 Å². The van der Waals surface area contributed by atoms with Crippen LogP contribution < -0.4 is 0 Å². The summed E-state index contributed by atoms with van der Waals surface area (Å²) in [6.07, 6.45) is 5.61. The molecule has 23 heavy (non-hydrogen) atoms. The molecule has 0 aliphatic heterocycles. The number of aryl methyl sites for hydroxylation is 1. The van der Waals surface area contributed by atoms with Crippen molar-refractivity contribution in [1.29, 1.82) is 0 Å². The van der Waals surface area contributed by atoms with Crippen LogP contribution in [-0.2, 0) is 6.42 Å². The summed E-state index contributed by atoms with van der Waals surface area (Å²) in [5, 5.41) is 0. The van der Waals surface area contributed by atoms with Gasteiger partial charge < -0.3 is 0 Å². The van der Waals surface area contributed by atoms with Gasteiger partial charge in [-0.2, -0.15) is 0 Å². The third-order valence-electron chi connectivity index (χ3n) is 4.53. The molecule has 0 N–H and O–H groups in total. The largest absolute Gasteiger partial charge is 0.257 e. The number of aromatic nitrogens is 1. The van der Waals surface area contributed by atoms with Gasteiger partial charge in [-0.1, -0.05) is 51.8 Å². The normalized spacial score (nSPS) is 12.6. The van der Waals surface area contributed by atoms with Crippen LogP contribution in [0.5, 0.6) is 0 Å². The summed E-state index contributed by atoms with van der Waals surface area (Å²) in [4.78, 5) is 4.88. The highest BCUT2D eigenvalue weighted by atomic mass is 19.1. The number of rotatable bonds is 8. The van der Waals surface area contributed by atoms with Crippen LogP contribution in [0.3, 0.4) is 0 Å². The first-order chi connectivity index (χ1) is 11.2. The Hall–Kier alpha value is -1.70. The van der Waals surface area contributed by atoms with E-state index in [4.69, 9.17) is 4.98 Å². The molecule has 0 aliphatic rings. The van der Waals surface area contributed by atoms with E-state index < -0.39 is 0 Å². The fourth-order valence-corrected chi connectivity index (χ4v) is 3.44. The van der Waals surface area contributed by atoms with Gasteiger partial charge in [-0.05, 0) is 55.0 Å². The molecule has 2 heteroatoms. The summed E-state index contributed by atoms with van der Waals surface area (Å²) >= 11 is 0. The molecule has 2 aromatic rings. The Balaban J connectivity index is 2.46. The van der Waals surface area contributed by atoms with Crippen LogP contribution >= 0.6 is 0 Å². The molecule has 1 nitrogen and oxygen atoms in total. The van der Waals surface area contributed by atoms with Gasteiger partial charge in [-0.15, -0.1) is 0 Å². The zero-order valence-electron chi connectivity index (χ0n) is 14.6. The quantitative estimate of drug-likeness (QED) is 0.571. The van der Waals surface area contributed by atoms with Crippen molar-refractivity contribution in [3.63, 3.8) is 0 Å². The van der Waals surface area contributed by atoms with Crippen molar-refractivity contribution in [1.82, 2.24) is 4.98 Å². The number of pyridine rings is 1. The van der Waals surface area contributed by atoms with Gasteiger partial charge in [-0.25, -0.2) is 4.39 Å². The smallest absolute Gasteiger partial charge is 0.123 e. The SMILES string of the molecule is CCCC(CCC)C(c1ccc(F)cc1)c1cccc(CC)n1. The predicted octanol–water partition coefficient (Wildman–Crippen LogP) is 6.13. The molecule has 0 saturated carbocycles. The minimum atomic E-state index is -0.176. The summed E-state index contributed by atoms with van der Waals surface area (Å²) in [6, 6.07) is 13.3. The van der Waals surface area contributed by atoms with Crippen molar-refractivity contribution in [2.24, 2.45) is 5.92 Å². The average molecular weight is 313 g/mol. The highest BCUT2D eigenvalue weighted by Crippen LogP contribution is 2.36. The maximum atomic E-state index is 13.4. The molecular weight excluding hydrogens is 285 g/mol. The van der Waals surface area contributed by atoms with Gasteiger partial charge in [0.05, 0.1) is 0 Å². The highest BCUT2D eigenvalue weighted by Gasteiger charge is 2.25. The first-order valence-corrected chi connectivity index (χ1v) is 8.90. The van der Waals surface area contributed by atoms with E-state index in [1.807, 2.05) is 12.1 Å². The van der Waals surface area contributed by atoms with Crippen molar-refractivity contribution < 1.29 is 4.39 Å². The van der Waals surface area contributed by atoms with E-state index in [0.717, 1.165) is 30.7 Å². The molecule has 0 aliphatic carbocycles. The second-order valence-electron chi connectivity index (χ2n) is 6.27. The zero-order valence-corrected chi connectivity index (χ0v) is 14.6. The Bertz CT molecular complexity index is 585. The molecule has 0 saturated heterocycles. The average Bonchev–Trinajstić information content (AvgIpc) is 2.57. The van der Waals surface area contributed by atoms with Gasteiger partial charge in [-0.3, -0.25) is 4.98 Å². The second kappa shape index (κ2) is 8.81.